The van der Waals surface area contributed by atoms with E-state index >= 15 is 0 Å². The van der Waals surface area contributed by atoms with E-state index in [-0.39, 0.29) is 11.9 Å². The van der Waals surface area contributed by atoms with E-state index in [1.54, 1.807) is 0 Å². The molecule has 3 unspecified atom stereocenters. The zero-order chi connectivity index (χ0) is 8.72. The van der Waals surface area contributed by atoms with E-state index in [0.29, 0.717) is 12.1 Å². The monoisotopic (exact) mass is 169 g/mol. The maximum absolute atomic E-state index is 7.34. The summed E-state index contributed by atoms with van der Waals surface area (Å²) in [6, 6.07) is 0.595. The molecule has 3 N–H and O–H groups in total. The van der Waals surface area contributed by atoms with Gasteiger partial charge in [-0.1, -0.05) is 0 Å². The lowest BCUT2D eigenvalue weighted by Gasteiger charge is -2.31. The van der Waals surface area contributed by atoms with Crippen LogP contribution < -0.4 is 5.73 Å². The highest BCUT2D eigenvalue weighted by Crippen LogP contribution is 2.29. The molecule has 3 atom stereocenters. The summed E-state index contributed by atoms with van der Waals surface area (Å²) in [5.41, 5.74) is 5.45. The van der Waals surface area contributed by atoms with Gasteiger partial charge in [-0.05, 0) is 13.3 Å². The molecule has 0 aromatic rings. The lowest BCUT2D eigenvalue weighted by Crippen LogP contribution is -2.48. The normalized spacial score (nSPS) is 37.1. The average Bonchev–Trinajstić information content (AvgIpc) is 2.62. The molecule has 68 valence electrons. The zero-order valence-corrected chi connectivity index (χ0v) is 7.29. The number of amidine groups is 1. The van der Waals surface area contributed by atoms with Crippen molar-refractivity contribution in [3.8, 4) is 0 Å². The molecule has 0 aliphatic carbocycles. The van der Waals surface area contributed by atoms with E-state index in [4.69, 9.17) is 15.9 Å². The standard InChI is InChI=1S/C8H15N3O/c1-5(8(9)10)11-3-7-2-6(11)4-12-7/h5-7H,2-4H2,1H3,(H3,9,10). The summed E-state index contributed by atoms with van der Waals surface area (Å²) < 4.78 is 5.46. The van der Waals surface area contributed by atoms with Crippen LogP contribution in [0.4, 0.5) is 0 Å². The minimum absolute atomic E-state index is 0.0869. The number of likely N-dealkylation sites (tertiary alicyclic amines) is 1. The number of ether oxygens (including phenoxy) is 1. The number of nitrogens with zero attached hydrogens (tertiary/aromatic N) is 1. The van der Waals surface area contributed by atoms with Crippen molar-refractivity contribution in [2.45, 2.75) is 31.5 Å². The SMILES string of the molecule is CC(C(=N)N)N1CC2CC1CO2. The first-order valence-corrected chi connectivity index (χ1v) is 4.39. The minimum Gasteiger partial charge on any atom is -0.386 e. The van der Waals surface area contributed by atoms with Crippen molar-refractivity contribution in [2.24, 2.45) is 5.73 Å². The summed E-state index contributed by atoms with van der Waals surface area (Å²) in [5, 5.41) is 7.34. The number of hydrogen-bond acceptors (Lipinski definition) is 3. The van der Waals surface area contributed by atoms with Crippen LogP contribution in [0.2, 0.25) is 0 Å². The van der Waals surface area contributed by atoms with Crippen LogP contribution in [-0.4, -0.2) is 42.1 Å². The molecule has 0 saturated carbocycles. The topological polar surface area (TPSA) is 62.3 Å². The van der Waals surface area contributed by atoms with Gasteiger partial charge in [-0.3, -0.25) is 10.3 Å². The first kappa shape index (κ1) is 8.01. The molecule has 0 aromatic heterocycles. The zero-order valence-electron chi connectivity index (χ0n) is 7.29. The van der Waals surface area contributed by atoms with Gasteiger partial charge in [0.05, 0.1) is 18.8 Å². The molecule has 2 aliphatic heterocycles. The van der Waals surface area contributed by atoms with Gasteiger partial charge in [0.2, 0.25) is 0 Å². The summed E-state index contributed by atoms with van der Waals surface area (Å²) in [5.74, 6) is 0.266. The molecule has 0 spiro atoms. The van der Waals surface area contributed by atoms with E-state index in [1.165, 1.54) is 0 Å². The van der Waals surface area contributed by atoms with Crippen molar-refractivity contribution in [1.29, 1.82) is 5.41 Å². The lowest BCUT2D eigenvalue weighted by molar-refractivity contribution is 0.0249. The van der Waals surface area contributed by atoms with Crippen LogP contribution in [-0.2, 0) is 4.74 Å². The first-order chi connectivity index (χ1) is 5.68. The Hall–Kier alpha value is -0.610. The fourth-order valence-corrected chi connectivity index (χ4v) is 2.08. The van der Waals surface area contributed by atoms with Crippen LogP contribution in [0.1, 0.15) is 13.3 Å². The molecule has 2 heterocycles. The number of hydrogen-bond donors (Lipinski definition) is 2. The lowest BCUT2D eigenvalue weighted by atomic mass is 10.2. The van der Waals surface area contributed by atoms with Crippen LogP contribution in [0.15, 0.2) is 0 Å². The van der Waals surface area contributed by atoms with Crippen molar-refractivity contribution in [1.82, 2.24) is 4.90 Å². The van der Waals surface area contributed by atoms with Crippen molar-refractivity contribution in [3.63, 3.8) is 0 Å². The van der Waals surface area contributed by atoms with E-state index < -0.39 is 0 Å². The largest absolute Gasteiger partial charge is 0.386 e. The van der Waals surface area contributed by atoms with Crippen LogP contribution in [0.25, 0.3) is 0 Å². The van der Waals surface area contributed by atoms with Gasteiger partial charge < -0.3 is 10.5 Å². The summed E-state index contributed by atoms with van der Waals surface area (Å²) in [6.07, 6.45) is 1.52. The Kier molecular flexibility index (Phi) is 1.81. The molecule has 12 heavy (non-hydrogen) atoms. The molecule has 2 aliphatic rings. The Morgan fingerprint density at radius 2 is 2.50 bits per heavy atom. The molecule has 2 fully saturated rings. The number of nitrogens with one attached hydrogen (secondary N) is 1. The van der Waals surface area contributed by atoms with Gasteiger partial charge in [0, 0.05) is 12.6 Å². The molecule has 4 nitrogen and oxygen atoms in total. The van der Waals surface area contributed by atoms with Gasteiger partial charge in [0.25, 0.3) is 0 Å². The number of fused-ring (bicyclic) bond motifs is 2. The summed E-state index contributed by atoms with van der Waals surface area (Å²) in [4.78, 5) is 2.27. The van der Waals surface area contributed by atoms with E-state index in [2.05, 4.69) is 4.90 Å². The number of nitrogens with two attached hydrogens (primary N) is 1. The Morgan fingerprint density at radius 3 is 2.92 bits per heavy atom. The van der Waals surface area contributed by atoms with Gasteiger partial charge in [0.1, 0.15) is 5.84 Å². The fourth-order valence-electron chi connectivity index (χ4n) is 2.08. The summed E-state index contributed by atoms with van der Waals surface area (Å²) in [7, 11) is 0. The minimum atomic E-state index is 0.0869. The van der Waals surface area contributed by atoms with Crippen molar-refractivity contribution >= 4 is 5.84 Å². The molecule has 0 radical (unpaired) electrons. The quantitative estimate of drug-likeness (QED) is 0.444. The predicted octanol–water partition coefficient (Wildman–Crippen LogP) is -0.216. The molecule has 4 heteroatoms. The van der Waals surface area contributed by atoms with Gasteiger partial charge in [-0.2, -0.15) is 0 Å². The van der Waals surface area contributed by atoms with Gasteiger partial charge in [0.15, 0.2) is 0 Å². The van der Waals surface area contributed by atoms with Crippen molar-refractivity contribution < 1.29 is 4.74 Å². The Balaban J connectivity index is 2.02. The Bertz CT molecular complexity index is 206. The second-order valence-electron chi connectivity index (χ2n) is 3.67. The predicted molar refractivity (Wildman–Crippen MR) is 46.2 cm³/mol. The maximum atomic E-state index is 7.34. The van der Waals surface area contributed by atoms with Gasteiger partial charge in [-0.15, -0.1) is 0 Å². The number of rotatable bonds is 2. The van der Waals surface area contributed by atoms with Gasteiger partial charge >= 0.3 is 0 Å². The summed E-state index contributed by atoms with van der Waals surface area (Å²) >= 11 is 0. The highest BCUT2D eigenvalue weighted by Gasteiger charge is 2.41. The third-order valence-electron chi connectivity index (χ3n) is 2.89. The molecule has 0 amide bonds. The van der Waals surface area contributed by atoms with Crippen LogP contribution in [0.3, 0.4) is 0 Å². The molecule has 0 aromatic carbocycles. The van der Waals surface area contributed by atoms with Crippen LogP contribution >= 0.6 is 0 Å². The maximum Gasteiger partial charge on any atom is 0.108 e. The smallest absolute Gasteiger partial charge is 0.108 e. The van der Waals surface area contributed by atoms with E-state index in [0.717, 1.165) is 19.6 Å². The fraction of sp³-hybridized carbons (Fsp3) is 0.875. The highest BCUT2D eigenvalue weighted by molar-refractivity contribution is 5.82. The van der Waals surface area contributed by atoms with Crippen LogP contribution in [0, 0.1) is 5.41 Å². The molecular formula is C8H15N3O. The second kappa shape index (κ2) is 2.71. The van der Waals surface area contributed by atoms with E-state index in [1.807, 2.05) is 6.92 Å². The van der Waals surface area contributed by atoms with E-state index in [9.17, 15) is 0 Å². The van der Waals surface area contributed by atoms with Crippen LogP contribution in [0.5, 0.6) is 0 Å². The third kappa shape index (κ3) is 1.11. The highest BCUT2D eigenvalue weighted by atomic mass is 16.5. The molecular weight excluding hydrogens is 154 g/mol. The van der Waals surface area contributed by atoms with Crippen molar-refractivity contribution in [3.05, 3.63) is 0 Å². The molecule has 2 rings (SSSR count). The molecule has 2 saturated heterocycles. The Morgan fingerprint density at radius 1 is 1.75 bits per heavy atom. The van der Waals surface area contributed by atoms with Crippen molar-refractivity contribution in [2.75, 3.05) is 13.2 Å². The summed E-state index contributed by atoms with van der Waals surface area (Å²) in [6.45, 7) is 3.76. The molecule has 2 bridgehead atoms. The average molecular weight is 169 g/mol. The first-order valence-electron chi connectivity index (χ1n) is 4.39. The Labute approximate surface area is 72.2 Å². The third-order valence-corrected chi connectivity index (χ3v) is 2.89. The van der Waals surface area contributed by atoms with Gasteiger partial charge in [-0.25, -0.2) is 0 Å². The second-order valence-corrected chi connectivity index (χ2v) is 3.67. The number of morpholine rings is 1.